The molecule has 0 atom stereocenters. The molecule has 0 fully saturated rings. The molecule has 0 saturated heterocycles. The third-order valence-electron chi connectivity index (χ3n) is 8.09. The van der Waals surface area contributed by atoms with Gasteiger partial charge in [0.25, 0.3) is 5.91 Å². The average Bonchev–Trinajstić information content (AvgIpc) is 3.41. The molecule has 0 saturated carbocycles. The molecule has 0 N–H and O–H groups in total. The molecule has 218 valence electrons. The highest BCUT2D eigenvalue weighted by molar-refractivity contribution is 6.15. The SMILES string of the molecule is Cc1nc(C)nc(-c2ccc3c(c2)c2ccccc2n3-c2cccc(C=O)c2C(=O)N(C)c2cccc(-c3ccccc3)c2)n1. The molecule has 7 aromatic rings. The van der Waals surface area contributed by atoms with E-state index in [4.69, 9.17) is 0 Å². The Kier molecular flexibility index (Phi) is 6.98. The monoisotopic (exact) mass is 587 g/mol. The highest BCUT2D eigenvalue weighted by atomic mass is 16.2. The first-order valence-electron chi connectivity index (χ1n) is 14.7. The quantitative estimate of drug-likeness (QED) is 0.184. The summed E-state index contributed by atoms with van der Waals surface area (Å²) in [5, 5.41) is 1.99. The number of aromatic nitrogens is 4. The lowest BCUT2D eigenvalue weighted by Crippen LogP contribution is -2.28. The molecule has 0 aliphatic heterocycles. The van der Waals surface area contributed by atoms with E-state index in [2.05, 4.69) is 31.7 Å². The van der Waals surface area contributed by atoms with Crippen molar-refractivity contribution in [2.75, 3.05) is 11.9 Å². The van der Waals surface area contributed by atoms with Crippen molar-refractivity contribution in [3.8, 4) is 28.2 Å². The Morgan fingerprint density at radius 1 is 0.667 bits per heavy atom. The summed E-state index contributed by atoms with van der Waals surface area (Å²) in [7, 11) is 1.74. The second-order valence-corrected chi connectivity index (χ2v) is 11.0. The summed E-state index contributed by atoms with van der Waals surface area (Å²) in [4.78, 5) is 41.9. The number of aldehydes is 1. The van der Waals surface area contributed by atoms with Crippen molar-refractivity contribution >= 4 is 39.7 Å². The number of nitrogens with zero attached hydrogens (tertiary/aromatic N) is 5. The summed E-state index contributed by atoms with van der Waals surface area (Å²) in [5.74, 6) is 1.65. The molecular formula is C38H29N5O2. The van der Waals surface area contributed by atoms with Gasteiger partial charge in [0.05, 0.1) is 22.3 Å². The van der Waals surface area contributed by atoms with Crippen LogP contribution >= 0.6 is 0 Å². The molecule has 2 heterocycles. The number of amides is 1. The van der Waals surface area contributed by atoms with E-state index in [9.17, 15) is 9.59 Å². The molecule has 2 aromatic heterocycles. The first kappa shape index (κ1) is 27.9. The molecule has 7 heteroatoms. The van der Waals surface area contributed by atoms with Gasteiger partial charge >= 0.3 is 0 Å². The normalized spacial score (nSPS) is 11.2. The second-order valence-electron chi connectivity index (χ2n) is 11.0. The lowest BCUT2D eigenvalue weighted by Gasteiger charge is -2.22. The largest absolute Gasteiger partial charge is 0.311 e. The van der Waals surface area contributed by atoms with Crippen LogP contribution in [0.3, 0.4) is 0 Å². The maximum absolute atomic E-state index is 14.4. The average molecular weight is 588 g/mol. The molecule has 1 amide bonds. The Labute approximate surface area is 260 Å². The van der Waals surface area contributed by atoms with Gasteiger partial charge in [-0.2, -0.15) is 0 Å². The predicted octanol–water partition coefficient (Wildman–Crippen LogP) is 8.01. The molecule has 0 spiro atoms. The Bertz CT molecular complexity index is 2230. The van der Waals surface area contributed by atoms with Crippen molar-refractivity contribution in [3.05, 3.63) is 138 Å². The first-order valence-corrected chi connectivity index (χ1v) is 14.7. The van der Waals surface area contributed by atoms with E-state index in [0.29, 0.717) is 34.3 Å². The number of hydrogen-bond donors (Lipinski definition) is 0. The zero-order valence-electron chi connectivity index (χ0n) is 25.1. The molecule has 0 radical (unpaired) electrons. The lowest BCUT2D eigenvalue weighted by atomic mass is 10.0. The van der Waals surface area contributed by atoms with Gasteiger partial charge < -0.3 is 9.47 Å². The van der Waals surface area contributed by atoms with E-state index in [-0.39, 0.29) is 5.91 Å². The first-order chi connectivity index (χ1) is 21.9. The van der Waals surface area contributed by atoms with Crippen LogP contribution < -0.4 is 4.90 Å². The fourth-order valence-corrected chi connectivity index (χ4v) is 6.00. The van der Waals surface area contributed by atoms with Gasteiger partial charge in [0.15, 0.2) is 12.1 Å². The molecular weight excluding hydrogens is 558 g/mol. The number of rotatable bonds is 6. The van der Waals surface area contributed by atoms with Crippen LogP contribution in [0, 0.1) is 13.8 Å². The van der Waals surface area contributed by atoms with E-state index >= 15 is 0 Å². The summed E-state index contributed by atoms with van der Waals surface area (Å²) in [6.07, 6.45) is 0.752. The second kappa shape index (κ2) is 11.3. The van der Waals surface area contributed by atoms with Crippen molar-refractivity contribution in [2.45, 2.75) is 13.8 Å². The maximum atomic E-state index is 14.4. The summed E-state index contributed by atoms with van der Waals surface area (Å²) in [6, 6.07) is 37.4. The van der Waals surface area contributed by atoms with E-state index in [0.717, 1.165) is 50.5 Å². The van der Waals surface area contributed by atoms with Gasteiger partial charge in [-0.3, -0.25) is 9.59 Å². The van der Waals surface area contributed by atoms with Crippen molar-refractivity contribution < 1.29 is 9.59 Å². The Hall–Kier alpha value is -5.95. The van der Waals surface area contributed by atoms with Crippen molar-refractivity contribution in [3.63, 3.8) is 0 Å². The summed E-state index contributed by atoms with van der Waals surface area (Å²) >= 11 is 0. The third-order valence-corrected chi connectivity index (χ3v) is 8.09. The van der Waals surface area contributed by atoms with Crippen LogP contribution in [0.4, 0.5) is 5.69 Å². The van der Waals surface area contributed by atoms with Crippen molar-refractivity contribution in [1.29, 1.82) is 0 Å². The fourth-order valence-electron chi connectivity index (χ4n) is 6.00. The van der Waals surface area contributed by atoms with Crippen LogP contribution in [0.1, 0.15) is 32.4 Å². The van der Waals surface area contributed by atoms with Gasteiger partial charge in [0, 0.05) is 34.6 Å². The smallest absolute Gasteiger partial charge is 0.260 e. The number of carbonyl (C=O) groups excluding carboxylic acids is 2. The minimum Gasteiger partial charge on any atom is -0.311 e. The molecule has 0 bridgehead atoms. The number of anilines is 1. The topological polar surface area (TPSA) is 81.0 Å². The van der Waals surface area contributed by atoms with Crippen molar-refractivity contribution in [1.82, 2.24) is 19.5 Å². The molecule has 7 nitrogen and oxygen atoms in total. The van der Waals surface area contributed by atoms with Gasteiger partial charge in [0.1, 0.15) is 11.6 Å². The number of benzene rings is 5. The highest BCUT2D eigenvalue weighted by Crippen LogP contribution is 2.36. The van der Waals surface area contributed by atoms with Crippen LogP contribution in [0.2, 0.25) is 0 Å². The molecule has 0 aliphatic carbocycles. The van der Waals surface area contributed by atoms with E-state index in [1.54, 1.807) is 18.0 Å². The minimum atomic E-state index is -0.281. The number of carbonyl (C=O) groups is 2. The van der Waals surface area contributed by atoms with Crippen LogP contribution in [0.15, 0.2) is 115 Å². The number of hydrogen-bond acceptors (Lipinski definition) is 5. The summed E-state index contributed by atoms with van der Waals surface area (Å²) in [5.41, 5.74) is 6.74. The van der Waals surface area contributed by atoms with Gasteiger partial charge in [-0.05, 0) is 67.4 Å². The lowest BCUT2D eigenvalue weighted by molar-refractivity contribution is 0.0986. The number of aryl methyl sites for hydroxylation is 2. The molecule has 7 rings (SSSR count). The van der Waals surface area contributed by atoms with E-state index < -0.39 is 0 Å². The summed E-state index contributed by atoms with van der Waals surface area (Å²) < 4.78 is 2.06. The third kappa shape index (κ3) is 4.94. The Balaban J connectivity index is 1.40. The fraction of sp³-hybridized carbons (Fsp3) is 0.0789. The van der Waals surface area contributed by atoms with E-state index in [1.807, 2.05) is 111 Å². The van der Waals surface area contributed by atoms with Gasteiger partial charge in [-0.15, -0.1) is 0 Å². The van der Waals surface area contributed by atoms with Crippen LogP contribution in [-0.4, -0.2) is 38.8 Å². The van der Waals surface area contributed by atoms with Crippen LogP contribution in [0.5, 0.6) is 0 Å². The van der Waals surface area contributed by atoms with Crippen LogP contribution in [-0.2, 0) is 0 Å². The zero-order valence-corrected chi connectivity index (χ0v) is 25.1. The van der Waals surface area contributed by atoms with Gasteiger partial charge in [0.2, 0.25) is 0 Å². The predicted molar refractivity (Wildman–Crippen MR) is 179 cm³/mol. The minimum absolute atomic E-state index is 0.281. The zero-order chi connectivity index (χ0) is 31.1. The molecule has 45 heavy (non-hydrogen) atoms. The molecule has 0 aliphatic rings. The van der Waals surface area contributed by atoms with Gasteiger partial charge in [-0.25, -0.2) is 15.0 Å². The highest BCUT2D eigenvalue weighted by Gasteiger charge is 2.24. The van der Waals surface area contributed by atoms with Crippen molar-refractivity contribution in [2.24, 2.45) is 0 Å². The van der Waals surface area contributed by atoms with E-state index in [1.165, 1.54) is 0 Å². The number of para-hydroxylation sites is 1. The summed E-state index contributed by atoms with van der Waals surface area (Å²) in [6.45, 7) is 3.71. The number of fused-ring (bicyclic) bond motifs is 3. The van der Waals surface area contributed by atoms with Crippen LogP contribution in [0.25, 0.3) is 50.0 Å². The Morgan fingerprint density at radius 2 is 1.36 bits per heavy atom. The maximum Gasteiger partial charge on any atom is 0.260 e. The van der Waals surface area contributed by atoms with Gasteiger partial charge in [-0.1, -0.05) is 72.8 Å². The molecule has 5 aromatic carbocycles. The standard InChI is InChI=1S/C38H29N5O2/c1-24-39-25(2)41-37(40-24)28-19-20-34-32(22-28)31-16-7-8-17-33(31)43(34)35-18-10-14-29(23-44)36(35)38(45)42(3)30-15-9-13-27(21-30)26-11-5-4-6-12-26/h4-23H,1-3H3. The molecule has 0 unspecified atom stereocenters. The Morgan fingerprint density at radius 3 is 2.13 bits per heavy atom.